The predicted octanol–water partition coefficient (Wildman–Crippen LogP) is 0.589. The molecule has 16 heavy (non-hydrogen) atoms. The van der Waals surface area contributed by atoms with Crippen molar-refractivity contribution in [3.8, 4) is 0 Å². The lowest BCUT2D eigenvalue weighted by atomic mass is 9.87. The summed E-state index contributed by atoms with van der Waals surface area (Å²) in [6.45, 7) is 7.28. The van der Waals surface area contributed by atoms with Crippen molar-refractivity contribution in [1.29, 1.82) is 0 Å². The molecule has 1 heterocycles. The smallest absolute Gasteiger partial charge is 0.239 e. The fourth-order valence-electron chi connectivity index (χ4n) is 2.35. The lowest BCUT2D eigenvalue weighted by Crippen LogP contribution is -2.50. The molecule has 0 aromatic rings. The topological polar surface area (TPSA) is 66.6 Å². The summed E-state index contributed by atoms with van der Waals surface area (Å²) in [7, 11) is 0. The number of nitrogens with zero attached hydrogens (tertiary/aromatic N) is 1. The molecule has 3 unspecified atom stereocenters. The van der Waals surface area contributed by atoms with Gasteiger partial charge in [-0.15, -0.1) is 0 Å². The third-order valence-corrected chi connectivity index (χ3v) is 3.17. The van der Waals surface area contributed by atoms with Crippen LogP contribution in [0.25, 0.3) is 0 Å². The lowest BCUT2D eigenvalue weighted by molar-refractivity contribution is -0.136. The number of hydrogen-bond acceptors (Lipinski definition) is 3. The highest BCUT2D eigenvalue weighted by atomic mass is 16.3. The van der Waals surface area contributed by atoms with Crippen LogP contribution in [-0.4, -0.2) is 41.1 Å². The van der Waals surface area contributed by atoms with Crippen molar-refractivity contribution in [3.63, 3.8) is 0 Å². The molecule has 1 aliphatic rings. The molecular weight excluding hydrogens is 204 g/mol. The monoisotopic (exact) mass is 228 g/mol. The second-order valence-electron chi connectivity index (χ2n) is 5.32. The maximum Gasteiger partial charge on any atom is 0.239 e. The first-order valence-corrected chi connectivity index (χ1v) is 6.14. The molecule has 4 heteroatoms. The highest BCUT2D eigenvalue weighted by Gasteiger charge is 2.31. The molecule has 1 aliphatic heterocycles. The number of aliphatic hydroxyl groups is 1. The van der Waals surface area contributed by atoms with E-state index in [0.717, 1.165) is 6.42 Å². The van der Waals surface area contributed by atoms with Gasteiger partial charge in [-0.1, -0.05) is 13.8 Å². The average molecular weight is 228 g/mol. The Bertz CT molecular complexity index is 241. The van der Waals surface area contributed by atoms with Gasteiger partial charge in [0.05, 0.1) is 12.1 Å². The zero-order chi connectivity index (χ0) is 12.3. The minimum Gasteiger partial charge on any atom is -0.393 e. The van der Waals surface area contributed by atoms with Crippen molar-refractivity contribution in [2.75, 3.05) is 13.1 Å². The predicted molar refractivity (Wildman–Crippen MR) is 63.8 cm³/mol. The van der Waals surface area contributed by atoms with E-state index in [4.69, 9.17) is 5.73 Å². The Balaban J connectivity index is 2.56. The fraction of sp³-hybridized carbons (Fsp3) is 0.917. The van der Waals surface area contributed by atoms with Crippen LogP contribution in [0.5, 0.6) is 0 Å². The molecule has 3 N–H and O–H groups in total. The van der Waals surface area contributed by atoms with E-state index in [1.165, 1.54) is 0 Å². The van der Waals surface area contributed by atoms with Gasteiger partial charge in [-0.05, 0) is 25.7 Å². The van der Waals surface area contributed by atoms with Crippen molar-refractivity contribution in [1.82, 2.24) is 4.90 Å². The minimum absolute atomic E-state index is 0.000608. The molecule has 0 radical (unpaired) electrons. The number of amides is 1. The number of nitrogens with two attached hydrogens (primary N) is 1. The number of carbonyl (C=O) groups excluding carboxylic acids is 1. The lowest BCUT2D eigenvalue weighted by Gasteiger charge is -2.37. The molecular formula is C12H24N2O2. The van der Waals surface area contributed by atoms with Gasteiger partial charge >= 0.3 is 0 Å². The number of hydrogen-bond donors (Lipinski definition) is 2. The van der Waals surface area contributed by atoms with E-state index in [1.807, 2.05) is 0 Å². The van der Waals surface area contributed by atoms with E-state index in [9.17, 15) is 9.90 Å². The molecule has 94 valence electrons. The van der Waals surface area contributed by atoms with Crippen molar-refractivity contribution >= 4 is 5.91 Å². The molecule has 3 atom stereocenters. The fourth-order valence-corrected chi connectivity index (χ4v) is 2.35. The normalized spacial score (nSPS) is 28.2. The van der Waals surface area contributed by atoms with Gasteiger partial charge in [-0.2, -0.15) is 0 Å². The molecule has 0 saturated carbocycles. The summed E-state index contributed by atoms with van der Waals surface area (Å²) in [6, 6.07) is -0.435. The SMILES string of the molecule is CC(C)CC1CN(C(=O)C(C)N)CCC1O. The summed E-state index contributed by atoms with van der Waals surface area (Å²) < 4.78 is 0. The number of piperidine rings is 1. The van der Waals surface area contributed by atoms with E-state index < -0.39 is 6.04 Å². The molecule has 0 bridgehead atoms. The first-order chi connectivity index (χ1) is 7.41. The van der Waals surface area contributed by atoms with E-state index in [-0.39, 0.29) is 17.9 Å². The summed E-state index contributed by atoms with van der Waals surface area (Å²) in [5.41, 5.74) is 5.59. The van der Waals surface area contributed by atoms with Crippen molar-refractivity contribution < 1.29 is 9.90 Å². The van der Waals surface area contributed by atoms with Gasteiger partial charge in [-0.25, -0.2) is 0 Å². The van der Waals surface area contributed by atoms with Crippen molar-refractivity contribution in [3.05, 3.63) is 0 Å². The Morgan fingerprint density at radius 3 is 2.62 bits per heavy atom. The molecule has 1 amide bonds. The summed E-state index contributed by atoms with van der Waals surface area (Å²) in [6.07, 6.45) is 1.37. The van der Waals surface area contributed by atoms with Gasteiger partial charge in [-0.3, -0.25) is 4.79 Å². The summed E-state index contributed by atoms with van der Waals surface area (Å²) in [5, 5.41) is 9.89. The van der Waals surface area contributed by atoms with Gasteiger partial charge < -0.3 is 15.7 Å². The first kappa shape index (κ1) is 13.5. The van der Waals surface area contributed by atoms with Gasteiger partial charge in [0.25, 0.3) is 0 Å². The van der Waals surface area contributed by atoms with Crippen LogP contribution in [0.1, 0.15) is 33.6 Å². The Morgan fingerprint density at radius 2 is 2.12 bits per heavy atom. The highest BCUT2D eigenvalue weighted by molar-refractivity contribution is 5.81. The van der Waals surface area contributed by atoms with Crippen LogP contribution in [0.15, 0.2) is 0 Å². The highest BCUT2D eigenvalue weighted by Crippen LogP contribution is 2.24. The molecule has 1 rings (SSSR count). The van der Waals surface area contributed by atoms with Crippen LogP contribution < -0.4 is 5.73 Å². The Morgan fingerprint density at radius 1 is 1.50 bits per heavy atom. The van der Waals surface area contributed by atoms with Crippen LogP contribution >= 0.6 is 0 Å². The molecule has 0 aromatic carbocycles. The number of carbonyl (C=O) groups is 1. The van der Waals surface area contributed by atoms with Crippen LogP contribution in [0.4, 0.5) is 0 Å². The maximum atomic E-state index is 11.8. The van der Waals surface area contributed by atoms with E-state index in [0.29, 0.717) is 25.4 Å². The molecule has 0 spiro atoms. The average Bonchev–Trinajstić information content (AvgIpc) is 2.19. The van der Waals surface area contributed by atoms with Crippen LogP contribution in [0.3, 0.4) is 0 Å². The Kier molecular flexibility index (Phi) is 4.74. The summed E-state index contributed by atoms with van der Waals surface area (Å²) in [5.74, 6) is 0.752. The molecule has 1 saturated heterocycles. The largest absolute Gasteiger partial charge is 0.393 e. The van der Waals surface area contributed by atoms with Gasteiger partial charge in [0, 0.05) is 19.0 Å². The van der Waals surface area contributed by atoms with Crippen LogP contribution in [0, 0.1) is 11.8 Å². The van der Waals surface area contributed by atoms with Gasteiger partial charge in [0.2, 0.25) is 5.91 Å². The Labute approximate surface area is 97.8 Å². The molecule has 4 nitrogen and oxygen atoms in total. The van der Waals surface area contributed by atoms with Crippen molar-refractivity contribution in [2.24, 2.45) is 17.6 Å². The second kappa shape index (κ2) is 5.64. The van der Waals surface area contributed by atoms with Crippen molar-refractivity contribution in [2.45, 2.75) is 45.8 Å². The van der Waals surface area contributed by atoms with Crippen LogP contribution in [-0.2, 0) is 4.79 Å². The second-order valence-corrected chi connectivity index (χ2v) is 5.32. The quantitative estimate of drug-likeness (QED) is 0.743. The number of aliphatic hydroxyl groups excluding tert-OH is 1. The van der Waals surface area contributed by atoms with E-state index in [1.54, 1.807) is 11.8 Å². The number of likely N-dealkylation sites (tertiary alicyclic amines) is 1. The zero-order valence-corrected chi connectivity index (χ0v) is 10.5. The zero-order valence-electron chi connectivity index (χ0n) is 10.5. The van der Waals surface area contributed by atoms with E-state index in [2.05, 4.69) is 13.8 Å². The molecule has 0 aliphatic carbocycles. The number of rotatable bonds is 3. The van der Waals surface area contributed by atoms with E-state index >= 15 is 0 Å². The summed E-state index contributed by atoms with van der Waals surface area (Å²) >= 11 is 0. The maximum absolute atomic E-state index is 11.8. The standard InChI is InChI=1S/C12H24N2O2/c1-8(2)6-10-7-14(5-4-11(10)15)12(16)9(3)13/h8-11,15H,4-7,13H2,1-3H3. The van der Waals surface area contributed by atoms with Gasteiger partial charge in [0.1, 0.15) is 0 Å². The Hall–Kier alpha value is -0.610. The minimum atomic E-state index is -0.435. The van der Waals surface area contributed by atoms with Gasteiger partial charge in [0.15, 0.2) is 0 Å². The molecule has 1 fully saturated rings. The van der Waals surface area contributed by atoms with Crippen LogP contribution in [0.2, 0.25) is 0 Å². The third kappa shape index (κ3) is 3.46. The molecule has 0 aromatic heterocycles. The summed E-state index contributed by atoms with van der Waals surface area (Å²) in [4.78, 5) is 13.6. The first-order valence-electron chi connectivity index (χ1n) is 6.14. The third-order valence-electron chi connectivity index (χ3n) is 3.17.